The first-order valence-electron chi connectivity index (χ1n) is 6.39. The lowest BCUT2D eigenvalue weighted by molar-refractivity contribution is -0.177. The van der Waals surface area contributed by atoms with E-state index in [0.29, 0.717) is 13.2 Å². The summed E-state index contributed by atoms with van der Waals surface area (Å²) in [5.41, 5.74) is 0.813. The van der Waals surface area contributed by atoms with Crippen LogP contribution in [0.15, 0.2) is 30.3 Å². The van der Waals surface area contributed by atoms with Crippen molar-refractivity contribution in [3.8, 4) is 0 Å². The molecule has 0 bridgehead atoms. The highest BCUT2D eigenvalue weighted by Gasteiger charge is 2.42. The first kappa shape index (κ1) is 13.5. The molecule has 0 aromatic heterocycles. The zero-order chi connectivity index (χ0) is 13.2. The molecular formula is C15H22O3. The smallest absolute Gasteiger partial charge is 0.163 e. The molecule has 1 aliphatic rings. The van der Waals surface area contributed by atoms with Crippen LogP contribution in [0.1, 0.15) is 33.3 Å². The number of benzene rings is 1. The molecule has 1 unspecified atom stereocenters. The first-order chi connectivity index (χ1) is 8.39. The van der Waals surface area contributed by atoms with Gasteiger partial charge in [-0.3, -0.25) is 0 Å². The quantitative estimate of drug-likeness (QED) is 0.821. The largest absolute Gasteiger partial charge is 0.368 e. The second-order valence-electron chi connectivity index (χ2n) is 5.70. The van der Waals surface area contributed by atoms with Gasteiger partial charge in [-0.2, -0.15) is 0 Å². The Bertz CT molecular complexity index is 384. The van der Waals surface area contributed by atoms with E-state index in [1.54, 1.807) is 0 Å². The molecule has 2 rings (SSSR count). The zero-order valence-electron chi connectivity index (χ0n) is 11.6. The number of hydrogen-bond donors (Lipinski definition) is 0. The van der Waals surface area contributed by atoms with Crippen LogP contribution in [0.4, 0.5) is 0 Å². The fraction of sp³-hybridized carbons (Fsp3) is 0.600. The van der Waals surface area contributed by atoms with E-state index in [9.17, 15) is 0 Å². The molecule has 1 atom stereocenters. The van der Waals surface area contributed by atoms with E-state index in [2.05, 4.69) is 12.1 Å². The fourth-order valence-electron chi connectivity index (χ4n) is 1.97. The van der Waals surface area contributed by atoms with E-state index in [1.807, 2.05) is 45.9 Å². The minimum Gasteiger partial charge on any atom is -0.368 e. The molecule has 0 radical (unpaired) electrons. The highest BCUT2D eigenvalue weighted by atomic mass is 16.8. The van der Waals surface area contributed by atoms with Crippen molar-refractivity contribution in [2.45, 2.75) is 51.8 Å². The summed E-state index contributed by atoms with van der Waals surface area (Å²) in [6.45, 7) is 9.13. The number of ether oxygens (including phenoxy) is 3. The molecule has 0 saturated carbocycles. The summed E-state index contributed by atoms with van der Waals surface area (Å²) in [7, 11) is 0. The maximum absolute atomic E-state index is 5.99. The SMILES string of the molecule is CC1(C)OCC(C(C)(C)OCc2ccccc2)O1. The van der Waals surface area contributed by atoms with Gasteiger partial charge in [0.15, 0.2) is 5.79 Å². The molecular weight excluding hydrogens is 228 g/mol. The Morgan fingerprint density at radius 3 is 2.50 bits per heavy atom. The lowest BCUT2D eigenvalue weighted by atomic mass is 10.0. The molecule has 3 heteroatoms. The van der Waals surface area contributed by atoms with Crippen LogP contribution in [0.5, 0.6) is 0 Å². The highest BCUT2D eigenvalue weighted by Crippen LogP contribution is 2.31. The van der Waals surface area contributed by atoms with Gasteiger partial charge in [0.1, 0.15) is 6.10 Å². The van der Waals surface area contributed by atoms with Crippen molar-refractivity contribution in [3.05, 3.63) is 35.9 Å². The molecule has 0 N–H and O–H groups in total. The van der Waals surface area contributed by atoms with E-state index in [1.165, 1.54) is 5.56 Å². The van der Waals surface area contributed by atoms with Gasteiger partial charge in [-0.15, -0.1) is 0 Å². The lowest BCUT2D eigenvalue weighted by Crippen LogP contribution is -2.41. The number of hydrogen-bond acceptors (Lipinski definition) is 3. The lowest BCUT2D eigenvalue weighted by Gasteiger charge is -2.31. The third-order valence-electron chi connectivity index (χ3n) is 3.24. The Hall–Kier alpha value is -0.900. The molecule has 100 valence electrons. The topological polar surface area (TPSA) is 27.7 Å². The number of rotatable bonds is 4. The average Bonchev–Trinajstić information content (AvgIpc) is 2.69. The summed E-state index contributed by atoms with van der Waals surface area (Å²) >= 11 is 0. The summed E-state index contributed by atoms with van der Waals surface area (Å²) in [5, 5.41) is 0. The van der Waals surface area contributed by atoms with Gasteiger partial charge in [0.05, 0.1) is 18.8 Å². The molecule has 3 nitrogen and oxygen atoms in total. The molecule has 1 aromatic rings. The van der Waals surface area contributed by atoms with Crippen LogP contribution < -0.4 is 0 Å². The van der Waals surface area contributed by atoms with Gasteiger partial charge in [0, 0.05) is 0 Å². The maximum atomic E-state index is 5.99. The predicted octanol–water partition coefficient (Wildman–Crippen LogP) is 3.13. The monoisotopic (exact) mass is 250 g/mol. The van der Waals surface area contributed by atoms with Gasteiger partial charge in [-0.05, 0) is 33.3 Å². The van der Waals surface area contributed by atoms with Crippen LogP contribution in [0.25, 0.3) is 0 Å². The average molecular weight is 250 g/mol. The second-order valence-corrected chi connectivity index (χ2v) is 5.70. The van der Waals surface area contributed by atoms with E-state index >= 15 is 0 Å². The van der Waals surface area contributed by atoms with E-state index in [0.717, 1.165) is 0 Å². The molecule has 0 spiro atoms. The fourth-order valence-corrected chi connectivity index (χ4v) is 1.97. The third-order valence-corrected chi connectivity index (χ3v) is 3.24. The Morgan fingerprint density at radius 2 is 1.94 bits per heavy atom. The highest BCUT2D eigenvalue weighted by molar-refractivity contribution is 5.13. The summed E-state index contributed by atoms with van der Waals surface area (Å²) < 4.78 is 17.4. The van der Waals surface area contributed by atoms with Gasteiger partial charge in [0.25, 0.3) is 0 Å². The van der Waals surface area contributed by atoms with Crippen molar-refractivity contribution < 1.29 is 14.2 Å². The molecule has 1 fully saturated rings. The molecule has 1 saturated heterocycles. The first-order valence-corrected chi connectivity index (χ1v) is 6.39. The van der Waals surface area contributed by atoms with Crippen LogP contribution in [-0.2, 0) is 20.8 Å². The van der Waals surface area contributed by atoms with Crippen LogP contribution >= 0.6 is 0 Å². The van der Waals surface area contributed by atoms with Crippen LogP contribution in [-0.4, -0.2) is 24.1 Å². The van der Waals surface area contributed by atoms with E-state index in [-0.39, 0.29) is 11.7 Å². The van der Waals surface area contributed by atoms with E-state index < -0.39 is 5.79 Å². The van der Waals surface area contributed by atoms with Crippen LogP contribution in [0.3, 0.4) is 0 Å². The zero-order valence-corrected chi connectivity index (χ0v) is 11.6. The molecule has 1 heterocycles. The Morgan fingerprint density at radius 1 is 1.28 bits per heavy atom. The molecule has 0 amide bonds. The minimum atomic E-state index is -0.502. The van der Waals surface area contributed by atoms with E-state index in [4.69, 9.17) is 14.2 Å². The molecule has 1 aliphatic heterocycles. The van der Waals surface area contributed by atoms with Crippen LogP contribution in [0, 0.1) is 0 Å². The normalized spacial score (nSPS) is 23.2. The molecule has 0 aliphatic carbocycles. The van der Waals surface area contributed by atoms with Gasteiger partial charge in [-0.1, -0.05) is 30.3 Å². The molecule has 18 heavy (non-hydrogen) atoms. The maximum Gasteiger partial charge on any atom is 0.163 e. The van der Waals surface area contributed by atoms with Crippen molar-refractivity contribution >= 4 is 0 Å². The van der Waals surface area contributed by atoms with Gasteiger partial charge in [-0.25, -0.2) is 0 Å². The predicted molar refractivity (Wildman–Crippen MR) is 70.2 cm³/mol. The summed E-state index contributed by atoms with van der Waals surface area (Å²) in [6, 6.07) is 10.2. The van der Waals surface area contributed by atoms with Crippen molar-refractivity contribution in [1.82, 2.24) is 0 Å². The van der Waals surface area contributed by atoms with Crippen molar-refractivity contribution in [1.29, 1.82) is 0 Å². The summed E-state index contributed by atoms with van der Waals surface area (Å²) in [5.74, 6) is -0.502. The Balaban J connectivity index is 1.92. The Kier molecular flexibility index (Phi) is 3.76. The van der Waals surface area contributed by atoms with Gasteiger partial charge in [0.2, 0.25) is 0 Å². The minimum absolute atomic E-state index is 0.0313. The van der Waals surface area contributed by atoms with Gasteiger partial charge < -0.3 is 14.2 Å². The standard InChI is InChI=1S/C15H22O3/c1-14(2,13-11-17-15(3,4)18-13)16-10-12-8-6-5-7-9-12/h5-9,13H,10-11H2,1-4H3. The van der Waals surface area contributed by atoms with Crippen molar-refractivity contribution in [2.24, 2.45) is 0 Å². The summed E-state index contributed by atoms with van der Waals surface area (Å²) in [6.07, 6.45) is -0.0313. The van der Waals surface area contributed by atoms with Crippen molar-refractivity contribution in [2.75, 3.05) is 6.61 Å². The van der Waals surface area contributed by atoms with Gasteiger partial charge >= 0.3 is 0 Å². The van der Waals surface area contributed by atoms with Crippen molar-refractivity contribution in [3.63, 3.8) is 0 Å². The Labute approximate surface area is 109 Å². The third kappa shape index (κ3) is 3.31. The summed E-state index contributed by atoms with van der Waals surface area (Å²) in [4.78, 5) is 0. The van der Waals surface area contributed by atoms with Crippen LogP contribution in [0.2, 0.25) is 0 Å². The molecule has 1 aromatic carbocycles. The second kappa shape index (κ2) is 5.00.